The summed E-state index contributed by atoms with van der Waals surface area (Å²) in [5.74, 6) is 0. The average molecular weight is 451 g/mol. The number of nitrogens with zero attached hydrogens (tertiary/aromatic N) is 2. The zero-order valence-corrected chi connectivity index (χ0v) is 19.4. The largest absolute Gasteiger partial charge is 0.279 e. The van der Waals surface area contributed by atoms with Gasteiger partial charge in [-0.25, -0.2) is 0 Å². The van der Waals surface area contributed by atoms with Crippen LogP contribution >= 0.6 is 0 Å². The molecule has 0 fully saturated rings. The molecule has 170 valence electrons. The number of non-ortho nitro benzene ring substituents is 1. The molecule has 0 spiro atoms. The second kappa shape index (κ2) is 8.75. The molecule has 0 saturated carbocycles. The fourth-order valence-corrected chi connectivity index (χ4v) is 5.18. The van der Waals surface area contributed by atoms with Crippen molar-refractivity contribution in [3.63, 3.8) is 0 Å². The van der Waals surface area contributed by atoms with E-state index in [1.54, 1.807) is 12.1 Å². The maximum atomic E-state index is 14.0. The number of nitro groups is 1. The van der Waals surface area contributed by atoms with E-state index < -0.39 is 4.92 Å². The fourth-order valence-electron chi connectivity index (χ4n) is 5.18. The van der Waals surface area contributed by atoms with Crippen molar-refractivity contribution in [2.24, 2.45) is 0 Å². The topological polar surface area (TPSA) is 64.6 Å². The van der Waals surface area contributed by atoms with E-state index in [-0.39, 0.29) is 11.2 Å². The standard InChI is InChI=1S/C29H26N2O3/c1-3-10-22-21-14-8-9-15-23(21)28-27(19-12-6-5-7-13-19)25-18-20(31(33)34)16-17-24(25)29(32)30(28)26(22)11-4-2/h5-9,12-18H,3-4,10-11H2,1-2H3. The molecule has 3 aromatic carbocycles. The Kier molecular flexibility index (Phi) is 5.62. The van der Waals surface area contributed by atoms with Crippen molar-refractivity contribution in [1.82, 2.24) is 4.40 Å². The van der Waals surface area contributed by atoms with Gasteiger partial charge in [-0.05, 0) is 35.4 Å². The van der Waals surface area contributed by atoms with Crippen LogP contribution in [-0.2, 0) is 12.8 Å². The molecule has 0 amide bonds. The first-order valence-electron chi connectivity index (χ1n) is 11.8. The second-order valence-electron chi connectivity index (χ2n) is 8.69. The van der Waals surface area contributed by atoms with Gasteiger partial charge in [-0.3, -0.25) is 19.3 Å². The minimum absolute atomic E-state index is 0.0193. The van der Waals surface area contributed by atoms with Crippen molar-refractivity contribution in [3.8, 4) is 11.1 Å². The Bertz CT molecular complexity index is 1620. The lowest BCUT2D eigenvalue weighted by Gasteiger charge is -2.21. The lowest BCUT2D eigenvalue weighted by molar-refractivity contribution is -0.384. The molecule has 5 aromatic rings. The van der Waals surface area contributed by atoms with E-state index >= 15 is 0 Å². The van der Waals surface area contributed by atoms with E-state index in [9.17, 15) is 14.9 Å². The first-order valence-corrected chi connectivity index (χ1v) is 11.8. The highest BCUT2D eigenvalue weighted by Crippen LogP contribution is 2.39. The molecule has 2 heterocycles. The Labute approximate surface area is 197 Å². The van der Waals surface area contributed by atoms with Crippen LogP contribution in [0.3, 0.4) is 0 Å². The summed E-state index contributed by atoms with van der Waals surface area (Å²) in [6.45, 7) is 4.29. The molecule has 5 heteroatoms. The number of rotatable bonds is 6. The second-order valence-corrected chi connectivity index (χ2v) is 8.69. The van der Waals surface area contributed by atoms with Gasteiger partial charge in [0.25, 0.3) is 11.2 Å². The Morgan fingerprint density at radius 3 is 2.15 bits per heavy atom. The SMILES string of the molecule is CCCc1c(CCC)n2c(=O)c3ccc([N+](=O)[O-])cc3c(-c3ccccc3)c2c2ccccc12. The van der Waals surface area contributed by atoms with Gasteiger partial charge in [0, 0.05) is 39.5 Å². The Balaban J connectivity index is 2.14. The van der Waals surface area contributed by atoms with Crippen molar-refractivity contribution < 1.29 is 4.92 Å². The van der Waals surface area contributed by atoms with Gasteiger partial charge in [-0.2, -0.15) is 0 Å². The van der Waals surface area contributed by atoms with E-state index in [4.69, 9.17) is 0 Å². The van der Waals surface area contributed by atoms with Gasteiger partial charge in [0.15, 0.2) is 0 Å². The van der Waals surface area contributed by atoms with Crippen LogP contribution in [0, 0.1) is 10.1 Å². The van der Waals surface area contributed by atoms with E-state index in [0.717, 1.165) is 58.8 Å². The highest BCUT2D eigenvalue weighted by molar-refractivity contribution is 6.13. The quantitative estimate of drug-likeness (QED) is 0.120. The van der Waals surface area contributed by atoms with Gasteiger partial charge in [0.05, 0.1) is 10.4 Å². The lowest BCUT2D eigenvalue weighted by Crippen LogP contribution is -2.21. The summed E-state index contributed by atoms with van der Waals surface area (Å²) in [4.78, 5) is 25.3. The zero-order chi connectivity index (χ0) is 23.8. The molecule has 0 saturated heterocycles. The zero-order valence-electron chi connectivity index (χ0n) is 19.4. The first-order chi connectivity index (χ1) is 16.6. The number of benzene rings is 3. The van der Waals surface area contributed by atoms with E-state index in [1.807, 2.05) is 46.9 Å². The van der Waals surface area contributed by atoms with Gasteiger partial charge in [0.1, 0.15) is 0 Å². The fraction of sp³-hybridized carbons (Fsp3) is 0.207. The monoisotopic (exact) mass is 450 g/mol. The van der Waals surface area contributed by atoms with Crippen molar-refractivity contribution in [3.05, 3.63) is 105 Å². The Hall–Kier alpha value is -3.99. The average Bonchev–Trinajstić information content (AvgIpc) is 2.86. The number of hydrogen-bond acceptors (Lipinski definition) is 3. The predicted molar refractivity (Wildman–Crippen MR) is 139 cm³/mol. The molecule has 0 unspecified atom stereocenters. The van der Waals surface area contributed by atoms with Gasteiger partial charge in [-0.15, -0.1) is 0 Å². The summed E-state index contributed by atoms with van der Waals surface area (Å²) in [5, 5.41) is 14.9. The molecule has 0 radical (unpaired) electrons. The van der Waals surface area contributed by atoms with Crippen molar-refractivity contribution >= 4 is 32.7 Å². The van der Waals surface area contributed by atoms with E-state index in [2.05, 4.69) is 26.0 Å². The minimum Gasteiger partial charge on any atom is -0.279 e. The molecule has 0 aliphatic carbocycles. The van der Waals surface area contributed by atoms with Crippen LogP contribution in [0.1, 0.15) is 37.9 Å². The normalized spacial score (nSPS) is 11.5. The molecular formula is C29H26N2O3. The molecular weight excluding hydrogens is 424 g/mol. The molecule has 0 N–H and O–H groups in total. The number of nitro benzene ring substituents is 1. The number of pyridine rings is 2. The maximum Gasteiger partial charge on any atom is 0.270 e. The molecule has 34 heavy (non-hydrogen) atoms. The Morgan fingerprint density at radius 1 is 0.794 bits per heavy atom. The summed E-state index contributed by atoms with van der Waals surface area (Å²) in [6, 6.07) is 22.7. The van der Waals surface area contributed by atoms with Crippen LogP contribution in [-0.4, -0.2) is 9.32 Å². The smallest absolute Gasteiger partial charge is 0.270 e. The Morgan fingerprint density at radius 2 is 1.47 bits per heavy atom. The van der Waals surface area contributed by atoms with Crippen LogP contribution in [0.4, 0.5) is 5.69 Å². The highest BCUT2D eigenvalue weighted by atomic mass is 16.6. The summed E-state index contributed by atoms with van der Waals surface area (Å²) in [5.41, 5.74) is 4.73. The number of aromatic nitrogens is 1. The number of fused-ring (bicyclic) bond motifs is 4. The van der Waals surface area contributed by atoms with Crippen LogP contribution in [0.5, 0.6) is 0 Å². The lowest BCUT2D eigenvalue weighted by atomic mass is 9.91. The van der Waals surface area contributed by atoms with Gasteiger partial charge < -0.3 is 0 Å². The van der Waals surface area contributed by atoms with Gasteiger partial charge in [0.2, 0.25) is 0 Å². The molecule has 0 aliphatic heterocycles. The van der Waals surface area contributed by atoms with Crippen molar-refractivity contribution in [1.29, 1.82) is 0 Å². The predicted octanol–water partition coefficient (Wildman–Crippen LogP) is 7.09. The third-order valence-corrected chi connectivity index (χ3v) is 6.55. The molecule has 5 rings (SSSR count). The summed E-state index contributed by atoms with van der Waals surface area (Å²) < 4.78 is 1.90. The molecule has 0 bridgehead atoms. The van der Waals surface area contributed by atoms with Crippen LogP contribution in [0.2, 0.25) is 0 Å². The van der Waals surface area contributed by atoms with E-state index in [0.29, 0.717) is 10.8 Å². The van der Waals surface area contributed by atoms with Crippen LogP contribution in [0.25, 0.3) is 38.2 Å². The van der Waals surface area contributed by atoms with Crippen molar-refractivity contribution in [2.75, 3.05) is 0 Å². The third-order valence-electron chi connectivity index (χ3n) is 6.55. The third kappa shape index (κ3) is 3.36. The molecule has 0 aliphatic rings. The number of aryl methyl sites for hydroxylation is 2. The highest BCUT2D eigenvalue weighted by Gasteiger charge is 2.22. The maximum absolute atomic E-state index is 14.0. The van der Waals surface area contributed by atoms with E-state index in [1.165, 1.54) is 11.6 Å². The molecule has 5 nitrogen and oxygen atoms in total. The van der Waals surface area contributed by atoms with Crippen molar-refractivity contribution in [2.45, 2.75) is 39.5 Å². The van der Waals surface area contributed by atoms with Crippen LogP contribution in [0.15, 0.2) is 77.6 Å². The summed E-state index contributed by atoms with van der Waals surface area (Å²) >= 11 is 0. The van der Waals surface area contributed by atoms with Crippen LogP contribution < -0.4 is 5.56 Å². The summed E-state index contributed by atoms with van der Waals surface area (Å²) in [7, 11) is 0. The van der Waals surface area contributed by atoms with Gasteiger partial charge in [-0.1, -0.05) is 81.3 Å². The van der Waals surface area contributed by atoms with Gasteiger partial charge >= 0.3 is 0 Å². The summed E-state index contributed by atoms with van der Waals surface area (Å²) in [6.07, 6.45) is 3.56. The number of hydrogen-bond donors (Lipinski definition) is 0. The minimum atomic E-state index is -0.402. The molecule has 2 aromatic heterocycles. The first kappa shape index (κ1) is 21.8. The molecule has 0 atom stereocenters.